The highest BCUT2D eigenvalue weighted by molar-refractivity contribution is 5.79. The molecule has 4 rings (SSSR count). The lowest BCUT2D eigenvalue weighted by molar-refractivity contribution is -0.141. The van der Waals surface area contributed by atoms with Crippen molar-refractivity contribution in [2.45, 2.75) is 38.5 Å². The first-order valence-corrected chi connectivity index (χ1v) is 9.64. The van der Waals surface area contributed by atoms with Gasteiger partial charge in [-0.15, -0.1) is 0 Å². The van der Waals surface area contributed by atoms with E-state index < -0.39 is 0 Å². The van der Waals surface area contributed by atoms with Crippen LogP contribution in [0, 0.1) is 11.3 Å². The van der Waals surface area contributed by atoms with Gasteiger partial charge in [-0.25, -0.2) is 9.97 Å². The number of rotatable bonds is 2. The Labute approximate surface area is 149 Å². The van der Waals surface area contributed by atoms with E-state index in [0.717, 1.165) is 71.0 Å². The fourth-order valence-electron chi connectivity index (χ4n) is 4.54. The van der Waals surface area contributed by atoms with Gasteiger partial charge in [0.05, 0.1) is 0 Å². The minimum Gasteiger partial charge on any atom is -0.381 e. The van der Waals surface area contributed by atoms with Crippen LogP contribution in [0.1, 0.15) is 38.5 Å². The summed E-state index contributed by atoms with van der Waals surface area (Å²) in [6.45, 7) is 5.39. The normalized spacial score (nSPS) is 24.5. The Hall–Kier alpha value is -1.69. The number of carbonyl (C=O) groups is 1. The zero-order valence-corrected chi connectivity index (χ0v) is 14.9. The summed E-state index contributed by atoms with van der Waals surface area (Å²) in [5.74, 6) is 1.41. The first kappa shape index (κ1) is 16.8. The molecule has 0 aliphatic carbocycles. The number of amides is 1. The van der Waals surface area contributed by atoms with Gasteiger partial charge in [-0.3, -0.25) is 4.79 Å². The molecule has 3 saturated heterocycles. The molecule has 3 fully saturated rings. The minimum absolute atomic E-state index is 0.194. The van der Waals surface area contributed by atoms with Gasteiger partial charge < -0.3 is 14.5 Å². The second-order valence-corrected chi connectivity index (χ2v) is 7.75. The molecule has 0 unspecified atom stereocenters. The van der Waals surface area contributed by atoms with E-state index in [1.54, 1.807) is 0 Å². The van der Waals surface area contributed by atoms with Gasteiger partial charge in [0.2, 0.25) is 11.9 Å². The summed E-state index contributed by atoms with van der Waals surface area (Å²) in [5.41, 5.74) is 0.414. The first-order chi connectivity index (χ1) is 12.3. The van der Waals surface area contributed by atoms with E-state index in [0.29, 0.717) is 11.3 Å². The van der Waals surface area contributed by atoms with Crippen molar-refractivity contribution in [1.82, 2.24) is 14.9 Å². The molecule has 0 radical (unpaired) electrons. The van der Waals surface area contributed by atoms with Crippen LogP contribution in [0.3, 0.4) is 0 Å². The Morgan fingerprint density at radius 1 is 1.00 bits per heavy atom. The zero-order valence-electron chi connectivity index (χ0n) is 14.9. The lowest BCUT2D eigenvalue weighted by atomic mass is 9.71. The molecule has 25 heavy (non-hydrogen) atoms. The van der Waals surface area contributed by atoms with Crippen molar-refractivity contribution < 1.29 is 9.53 Å². The second kappa shape index (κ2) is 7.28. The van der Waals surface area contributed by atoms with Crippen molar-refractivity contribution >= 4 is 11.9 Å². The Morgan fingerprint density at radius 2 is 1.60 bits per heavy atom. The number of hydrogen-bond donors (Lipinski definition) is 0. The van der Waals surface area contributed by atoms with Gasteiger partial charge in [-0.05, 0) is 50.0 Å². The molecule has 1 amide bonds. The molecule has 1 spiro atoms. The summed E-state index contributed by atoms with van der Waals surface area (Å²) >= 11 is 0. The molecule has 0 aromatic carbocycles. The highest BCUT2D eigenvalue weighted by Gasteiger charge is 2.40. The molecule has 6 heteroatoms. The molecular weight excluding hydrogens is 316 g/mol. The highest BCUT2D eigenvalue weighted by Crippen LogP contribution is 2.42. The Morgan fingerprint density at radius 3 is 2.24 bits per heavy atom. The third kappa shape index (κ3) is 3.64. The molecule has 3 aliphatic rings. The van der Waals surface area contributed by atoms with Crippen LogP contribution in [0.5, 0.6) is 0 Å². The Balaban J connectivity index is 1.29. The molecule has 0 saturated carbocycles. The number of piperidine rings is 2. The lowest BCUT2D eigenvalue weighted by Crippen LogP contribution is -2.50. The third-order valence-corrected chi connectivity index (χ3v) is 6.37. The van der Waals surface area contributed by atoms with Gasteiger partial charge in [0.25, 0.3) is 0 Å². The maximum Gasteiger partial charge on any atom is 0.225 e. The van der Waals surface area contributed by atoms with Crippen molar-refractivity contribution in [2.75, 3.05) is 44.3 Å². The molecule has 0 bridgehead atoms. The van der Waals surface area contributed by atoms with Crippen LogP contribution in [-0.4, -0.2) is 60.2 Å². The Bertz CT molecular complexity index is 570. The molecule has 6 nitrogen and oxygen atoms in total. The number of hydrogen-bond acceptors (Lipinski definition) is 5. The van der Waals surface area contributed by atoms with Crippen LogP contribution in [0.25, 0.3) is 0 Å². The molecule has 3 aliphatic heterocycles. The third-order valence-electron chi connectivity index (χ3n) is 6.37. The van der Waals surface area contributed by atoms with Crippen LogP contribution in [0.4, 0.5) is 5.95 Å². The van der Waals surface area contributed by atoms with E-state index in [1.165, 1.54) is 12.8 Å². The summed E-state index contributed by atoms with van der Waals surface area (Å²) in [6, 6.07) is 1.86. The van der Waals surface area contributed by atoms with Gasteiger partial charge in [0.15, 0.2) is 0 Å². The predicted octanol–water partition coefficient (Wildman–Crippen LogP) is 2.11. The summed E-state index contributed by atoms with van der Waals surface area (Å²) in [6.07, 6.45) is 10.1. The largest absolute Gasteiger partial charge is 0.381 e. The second-order valence-electron chi connectivity index (χ2n) is 7.75. The average molecular weight is 344 g/mol. The summed E-state index contributed by atoms with van der Waals surface area (Å²) in [5, 5.41) is 0. The topological polar surface area (TPSA) is 58.6 Å². The number of carbonyl (C=O) groups excluding carboxylic acids is 1. The van der Waals surface area contributed by atoms with Gasteiger partial charge in [0.1, 0.15) is 0 Å². The molecule has 1 aromatic rings. The number of nitrogens with zero attached hydrogens (tertiary/aromatic N) is 4. The van der Waals surface area contributed by atoms with E-state index >= 15 is 0 Å². The minimum atomic E-state index is 0.194. The van der Waals surface area contributed by atoms with Gasteiger partial charge in [0, 0.05) is 57.7 Å². The van der Waals surface area contributed by atoms with Crippen molar-refractivity contribution in [3.63, 3.8) is 0 Å². The van der Waals surface area contributed by atoms with E-state index in [-0.39, 0.29) is 5.92 Å². The average Bonchev–Trinajstić information content (AvgIpc) is 2.70. The monoisotopic (exact) mass is 344 g/mol. The highest BCUT2D eigenvalue weighted by atomic mass is 16.5. The fourth-order valence-corrected chi connectivity index (χ4v) is 4.54. The van der Waals surface area contributed by atoms with E-state index in [2.05, 4.69) is 19.8 Å². The number of likely N-dealkylation sites (tertiary alicyclic amines) is 1. The van der Waals surface area contributed by atoms with Crippen molar-refractivity contribution in [3.8, 4) is 0 Å². The molecule has 0 atom stereocenters. The van der Waals surface area contributed by atoms with Crippen molar-refractivity contribution in [3.05, 3.63) is 18.5 Å². The predicted molar refractivity (Wildman–Crippen MR) is 95.3 cm³/mol. The molecule has 0 N–H and O–H groups in total. The van der Waals surface area contributed by atoms with E-state index in [4.69, 9.17) is 4.74 Å². The van der Waals surface area contributed by atoms with Crippen LogP contribution < -0.4 is 4.90 Å². The Kier molecular flexibility index (Phi) is 4.88. The maximum atomic E-state index is 12.7. The van der Waals surface area contributed by atoms with Crippen LogP contribution >= 0.6 is 0 Å². The van der Waals surface area contributed by atoms with Gasteiger partial charge >= 0.3 is 0 Å². The summed E-state index contributed by atoms with van der Waals surface area (Å²) in [7, 11) is 0. The number of aromatic nitrogens is 2. The molecule has 1 aromatic heterocycles. The van der Waals surface area contributed by atoms with Crippen molar-refractivity contribution in [2.24, 2.45) is 11.3 Å². The van der Waals surface area contributed by atoms with Crippen LogP contribution in [0.15, 0.2) is 18.5 Å². The molecule has 136 valence electrons. The molecular formula is C19H28N4O2. The van der Waals surface area contributed by atoms with Gasteiger partial charge in [-0.1, -0.05) is 0 Å². The van der Waals surface area contributed by atoms with Crippen LogP contribution in [0.2, 0.25) is 0 Å². The summed E-state index contributed by atoms with van der Waals surface area (Å²) in [4.78, 5) is 25.9. The van der Waals surface area contributed by atoms with Crippen molar-refractivity contribution in [1.29, 1.82) is 0 Å². The lowest BCUT2D eigenvalue weighted by Gasteiger charge is -2.47. The van der Waals surface area contributed by atoms with Crippen LogP contribution in [-0.2, 0) is 9.53 Å². The zero-order chi connectivity index (χ0) is 17.1. The fraction of sp³-hybridized carbons (Fsp3) is 0.737. The SMILES string of the molecule is O=C(C1CCOCC1)N1CCC2(CC1)CCN(c1ncccn1)CC2. The number of ether oxygens (including phenoxy) is 1. The summed E-state index contributed by atoms with van der Waals surface area (Å²) < 4.78 is 5.39. The first-order valence-electron chi connectivity index (χ1n) is 9.64. The van der Waals surface area contributed by atoms with E-state index in [1.807, 2.05) is 18.5 Å². The maximum absolute atomic E-state index is 12.7. The van der Waals surface area contributed by atoms with Gasteiger partial charge in [-0.2, -0.15) is 0 Å². The standard InChI is InChI=1S/C19H28N4O2/c24-17(16-2-14-25-15-3-16)22-10-4-19(5-11-22)6-12-23(13-7-19)18-20-8-1-9-21-18/h1,8-9,16H,2-7,10-15H2. The molecule has 4 heterocycles. The quantitative estimate of drug-likeness (QED) is 0.822. The smallest absolute Gasteiger partial charge is 0.225 e. The number of anilines is 1. The van der Waals surface area contributed by atoms with E-state index in [9.17, 15) is 4.79 Å².